The number of likely N-dealkylation sites (N-methyl/N-ethyl adjacent to an activating group) is 1. The van der Waals surface area contributed by atoms with Crippen molar-refractivity contribution in [2.45, 2.75) is 63.5 Å². The highest BCUT2D eigenvalue weighted by Crippen LogP contribution is 2.25. The van der Waals surface area contributed by atoms with E-state index >= 15 is 0 Å². The SMILES string of the molecule is C=CCN(C)CCCCCCOC1CCC(N(C)C(=O)Nc2ccc(Br)cc2)CC1. The molecule has 0 heterocycles. The fourth-order valence-electron chi connectivity index (χ4n) is 3.91. The van der Waals surface area contributed by atoms with Crippen molar-refractivity contribution in [2.75, 3.05) is 39.1 Å². The van der Waals surface area contributed by atoms with Gasteiger partial charge in [-0.1, -0.05) is 34.8 Å². The van der Waals surface area contributed by atoms with Crippen LogP contribution in [0.15, 0.2) is 41.4 Å². The van der Waals surface area contributed by atoms with Crippen LogP contribution in [0.25, 0.3) is 0 Å². The van der Waals surface area contributed by atoms with Gasteiger partial charge in [-0.2, -0.15) is 0 Å². The summed E-state index contributed by atoms with van der Waals surface area (Å²) in [5.41, 5.74) is 0.819. The molecule has 0 aromatic heterocycles. The number of hydrogen-bond donors (Lipinski definition) is 1. The van der Waals surface area contributed by atoms with Crippen molar-refractivity contribution < 1.29 is 9.53 Å². The highest BCUT2D eigenvalue weighted by Gasteiger charge is 2.26. The summed E-state index contributed by atoms with van der Waals surface area (Å²) < 4.78 is 7.10. The third kappa shape index (κ3) is 9.19. The van der Waals surface area contributed by atoms with E-state index in [9.17, 15) is 4.79 Å². The third-order valence-corrected chi connectivity index (χ3v) is 6.36. The van der Waals surface area contributed by atoms with E-state index in [-0.39, 0.29) is 12.1 Å². The second kappa shape index (κ2) is 13.8. The number of rotatable bonds is 12. The quantitative estimate of drug-likeness (QED) is 0.298. The van der Waals surface area contributed by atoms with Crippen molar-refractivity contribution >= 4 is 27.6 Å². The maximum absolute atomic E-state index is 12.5. The second-order valence-electron chi connectivity index (χ2n) is 8.31. The van der Waals surface area contributed by atoms with E-state index in [0.29, 0.717) is 6.10 Å². The van der Waals surface area contributed by atoms with Gasteiger partial charge in [-0.15, -0.1) is 6.58 Å². The molecule has 0 atom stereocenters. The molecule has 0 unspecified atom stereocenters. The van der Waals surface area contributed by atoms with Crippen LogP contribution < -0.4 is 5.32 Å². The van der Waals surface area contributed by atoms with Gasteiger partial charge < -0.3 is 19.9 Å². The van der Waals surface area contributed by atoms with Crippen molar-refractivity contribution in [2.24, 2.45) is 0 Å². The molecular formula is C24H38BrN3O2. The van der Waals surface area contributed by atoms with Crippen LogP contribution in [-0.4, -0.2) is 61.8 Å². The van der Waals surface area contributed by atoms with Crippen LogP contribution in [0.3, 0.4) is 0 Å². The Bertz CT molecular complexity index is 630. The topological polar surface area (TPSA) is 44.8 Å². The summed E-state index contributed by atoms with van der Waals surface area (Å²) in [7, 11) is 4.04. The van der Waals surface area contributed by atoms with Crippen LogP contribution >= 0.6 is 15.9 Å². The van der Waals surface area contributed by atoms with Gasteiger partial charge in [0.2, 0.25) is 0 Å². The number of anilines is 1. The van der Waals surface area contributed by atoms with Crippen molar-refractivity contribution in [1.29, 1.82) is 0 Å². The molecule has 0 bridgehead atoms. The van der Waals surface area contributed by atoms with Gasteiger partial charge in [-0.3, -0.25) is 0 Å². The minimum atomic E-state index is -0.0413. The van der Waals surface area contributed by atoms with E-state index in [4.69, 9.17) is 4.74 Å². The molecule has 1 aliphatic carbocycles. The molecule has 6 heteroatoms. The Labute approximate surface area is 191 Å². The monoisotopic (exact) mass is 479 g/mol. The van der Waals surface area contributed by atoms with E-state index in [1.54, 1.807) is 0 Å². The van der Waals surface area contributed by atoms with Crippen LogP contribution in [0.5, 0.6) is 0 Å². The number of halogens is 1. The Morgan fingerprint density at radius 3 is 2.47 bits per heavy atom. The number of unbranched alkanes of at least 4 members (excludes halogenated alkanes) is 3. The molecule has 0 spiro atoms. The zero-order valence-corrected chi connectivity index (χ0v) is 20.2. The molecule has 0 aliphatic heterocycles. The fraction of sp³-hybridized carbons (Fsp3) is 0.625. The Morgan fingerprint density at radius 1 is 1.13 bits per heavy atom. The largest absolute Gasteiger partial charge is 0.378 e. The first-order valence-corrected chi connectivity index (χ1v) is 12.0. The van der Waals surface area contributed by atoms with Gasteiger partial charge in [0.05, 0.1) is 6.10 Å². The normalized spacial score (nSPS) is 18.9. The predicted octanol–water partition coefficient (Wildman–Crippen LogP) is 5.92. The van der Waals surface area contributed by atoms with Gasteiger partial charge in [0.1, 0.15) is 0 Å². The first-order chi connectivity index (χ1) is 14.5. The van der Waals surface area contributed by atoms with Gasteiger partial charge in [0.25, 0.3) is 0 Å². The maximum Gasteiger partial charge on any atom is 0.321 e. The molecule has 1 aromatic carbocycles. The third-order valence-electron chi connectivity index (χ3n) is 5.84. The lowest BCUT2D eigenvalue weighted by Crippen LogP contribution is -2.42. The summed E-state index contributed by atoms with van der Waals surface area (Å²) in [4.78, 5) is 16.7. The van der Waals surface area contributed by atoms with Crippen LogP contribution in [0, 0.1) is 0 Å². The minimum absolute atomic E-state index is 0.0413. The summed E-state index contributed by atoms with van der Waals surface area (Å²) in [5, 5.41) is 2.98. The van der Waals surface area contributed by atoms with Crippen LogP contribution in [0.4, 0.5) is 10.5 Å². The Kier molecular flexibility index (Phi) is 11.5. The smallest absolute Gasteiger partial charge is 0.321 e. The molecule has 1 N–H and O–H groups in total. The average molecular weight is 480 g/mol. The molecule has 1 fully saturated rings. The van der Waals surface area contributed by atoms with Gasteiger partial charge >= 0.3 is 6.03 Å². The van der Waals surface area contributed by atoms with E-state index in [0.717, 1.165) is 62.0 Å². The van der Waals surface area contributed by atoms with E-state index in [1.807, 2.05) is 42.3 Å². The van der Waals surface area contributed by atoms with E-state index in [1.165, 1.54) is 19.3 Å². The summed E-state index contributed by atoms with van der Waals surface area (Å²) in [6.07, 6.45) is 11.3. The van der Waals surface area contributed by atoms with Crippen LogP contribution in [0.2, 0.25) is 0 Å². The summed E-state index contributed by atoms with van der Waals surface area (Å²) in [5.74, 6) is 0. The standard InChI is InChI=1S/C24H38BrN3O2/c1-4-17-27(2)18-7-5-6-8-19-30-23-15-13-22(14-16-23)28(3)24(29)26-21-11-9-20(25)10-12-21/h4,9-12,22-23H,1,5-8,13-19H2,2-3H3,(H,26,29). The van der Waals surface area contributed by atoms with Crippen LogP contribution in [0.1, 0.15) is 51.4 Å². The Hall–Kier alpha value is -1.37. The Morgan fingerprint density at radius 2 is 1.80 bits per heavy atom. The molecular weight excluding hydrogens is 442 g/mol. The number of benzene rings is 1. The van der Waals surface area contributed by atoms with Crippen molar-refractivity contribution in [1.82, 2.24) is 9.80 Å². The average Bonchev–Trinajstić information content (AvgIpc) is 2.74. The van der Waals surface area contributed by atoms with Gasteiger partial charge in [-0.25, -0.2) is 4.79 Å². The highest BCUT2D eigenvalue weighted by molar-refractivity contribution is 9.10. The van der Waals surface area contributed by atoms with Crippen molar-refractivity contribution in [3.8, 4) is 0 Å². The Balaban J connectivity index is 1.55. The van der Waals surface area contributed by atoms with E-state index < -0.39 is 0 Å². The number of urea groups is 1. The molecule has 2 rings (SSSR count). The van der Waals surface area contributed by atoms with Crippen molar-refractivity contribution in [3.05, 3.63) is 41.4 Å². The molecule has 2 amide bonds. The van der Waals surface area contributed by atoms with E-state index in [2.05, 4.69) is 39.8 Å². The number of hydrogen-bond acceptors (Lipinski definition) is 3. The number of carbonyl (C=O) groups is 1. The molecule has 1 aromatic rings. The first-order valence-electron chi connectivity index (χ1n) is 11.2. The molecule has 168 valence electrons. The number of amides is 2. The highest BCUT2D eigenvalue weighted by atomic mass is 79.9. The fourth-order valence-corrected chi connectivity index (χ4v) is 4.17. The van der Waals surface area contributed by atoms with Crippen LogP contribution in [-0.2, 0) is 4.74 Å². The molecule has 0 saturated heterocycles. The molecule has 5 nitrogen and oxygen atoms in total. The predicted molar refractivity (Wildman–Crippen MR) is 129 cm³/mol. The number of ether oxygens (including phenoxy) is 1. The summed E-state index contributed by atoms with van der Waals surface area (Å²) >= 11 is 3.41. The number of nitrogens with one attached hydrogen (secondary N) is 1. The summed E-state index contributed by atoms with van der Waals surface area (Å²) in [6.45, 7) is 6.74. The lowest BCUT2D eigenvalue weighted by atomic mass is 9.92. The lowest BCUT2D eigenvalue weighted by molar-refractivity contribution is 0.0130. The van der Waals surface area contributed by atoms with Gasteiger partial charge in [0, 0.05) is 36.4 Å². The molecule has 1 saturated carbocycles. The van der Waals surface area contributed by atoms with Gasteiger partial charge in [0.15, 0.2) is 0 Å². The summed E-state index contributed by atoms with van der Waals surface area (Å²) in [6, 6.07) is 7.91. The second-order valence-corrected chi connectivity index (χ2v) is 9.23. The zero-order valence-electron chi connectivity index (χ0n) is 18.6. The lowest BCUT2D eigenvalue weighted by Gasteiger charge is -2.34. The first kappa shape index (κ1) is 24.9. The molecule has 1 aliphatic rings. The maximum atomic E-state index is 12.5. The number of carbonyl (C=O) groups excluding carboxylic acids is 1. The zero-order chi connectivity index (χ0) is 21.8. The molecule has 0 radical (unpaired) electrons. The van der Waals surface area contributed by atoms with Crippen molar-refractivity contribution in [3.63, 3.8) is 0 Å². The molecule has 30 heavy (non-hydrogen) atoms. The number of nitrogens with zero attached hydrogens (tertiary/aromatic N) is 2. The minimum Gasteiger partial charge on any atom is -0.378 e. The van der Waals surface area contributed by atoms with Gasteiger partial charge in [-0.05, 0) is 76.4 Å².